The van der Waals surface area contributed by atoms with Crippen LogP contribution in [0.2, 0.25) is 0 Å². The van der Waals surface area contributed by atoms with Gasteiger partial charge in [0.15, 0.2) is 0 Å². The molecule has 142 valence electrons. The second-order valence-electron chi connectivity index (χ2n) is 5.61. The molecule has 1 saturated carbocycles. The maximum atomic E-state index is 11.8. The van der Waals surface area contributed by atoms with Crippen molar-refractivity contribution in [2.75, 3.05) is 24.6 Å². The summed E-state index contributed by atoms with van der Waals surface area (Å²) in [5, 5.41) is 9.75. The Morgan fingerprint density at radius 3 is 2.24 bits per heavy atom. The summed E-state index contributed by atoms with van der Waals surface area (Å²) in [6, 6.07) is -0.962. The quantitative estimate of drug-likeness (QED) is 0.351. The smallest absolute Gasteiger partial charge is 0.321 e. The molecule has 0 radical (unpaired) electrons. The van der Waals surface area contributed by atoms with Crippen LogP contribution in [0.15, 0.2) is 0 Å². The Morgan fingerprint density at radius 1 is 0.920 bits per heavy atom. The Kier molecular flexibility index (Phi) is 11.1. The lowest BCUT2D eigenvalue weighted by Crippen LogP contribution is -2.42. The Labute approximate surface area is 155 Å². The van der Waals surface area contributed by atoms with Crippen molar-refractivity contribution >= 4 is 45.5 Å². The molecule has 1 fully saturated rings. The number of rotatable bonds is 9. The second kappa shape index (κ2) is 12.9. The van der Waals surface area contributed by atoms with Crippen molar-refractivity contribution in [2.24, 2.45) is 5.92 Å². The monoisotopic (exact) mass is 390 g/mol. The van der Waals surface area contributed by atoms with E-state index in [1.807, 2.05) is 6.92 Å². The van der Waals surface area contributed by atoms with Crippen LogP contribution >= 0.6 is 21.6 Å². The van der Waals surface area contributed by atoms with Gasteiger partial charge in [-0.05, 0) is 19.3 Å². The van der Waals surface area contributed by atoms with Crippen molar-refractivity contribution in [3.8, 4) is 0 Å². The number of hydrogen-bond acceptors (Lipinski definition) is 6. The number of amides is 6. The van der Waals surface area contributed by atoms with E-state index in [2.05, 4.69) is 21.3 Å². The molecule has 1 rings (SSSR count). The first-order valence-corrected chi connectivity index (χ1v) is 10.9. The van der Waals surface area contributed by atoms with Gasteiger partial charge in [0, 0.05) is 24.8 Å². The highest BCUT2D eigenvalue weighted by atomic mass is 33.1. The van der Waals surface area contributed by atoms with E-state index >= 15 is 0 Å². The van der Waals surface area contributed by atoms with Gasteiger partial charge >= 0.3 is 12.1 Å². The lowest BCUT2D eigenvalue weighted by atomic mass is 10.1. The molecule has 0 aromatic carbocycles. The lowest BCUT2D eigenvalue weighted by Gasteiger charge is -2.10. The maximum absolute atomic E-state index is 11.8. The van der Waals surface area contributed by atoms with Crippen LogP contribution in [0, 0.1) is 5.92 Å². The normalized spacial score (nSPS) is 14.0. The fraction of sp³-hybridized carbons (Fsp3) is 0.733. The van der Waals surface area contributed by atoms with E-state index in [0.29, 0.717) is 18.8 Å². The van der Waals surface area contributed by atoms with Crippen LogP contribution in [0.1, 0.15) is 39.0 Å². The fourth-order valence-electron chi connectivity index (χ4n) is 2.25. The highest BCUT2D eigenvalue weighted by Crippen LogP contribution is 2.24. The molecule has 0 aromatic rings. The van der Waals surface area contributed by atoms with Gasteiger partial charge in [-0.1, -0.05) is 41.4 Å². The molecule has 0 aliphatic heterocycles. The van der Waals surface area contributed by atoms with E-state index in [0.717, 1.165) is 32.1 Å². The SMILES string of the molecule is CCCNC(=O)NC(=O)CSSCCNC(=O)NC(=O)C1CCCC1. The van der Waals surface area contributed by atoms with E-state index in [-0.39, 0.29) is 23.5 Å². The van der Waals surface area contributed by atoms with Gasteiger partial charge < -0.3 is 10.6 Å². The fourth-order valence-corrected chi connectivity index (χ4v) is 3.99. The van der Waals surface area contributed by atoms with Gasteiger partial charge in [-0.2, -0.15) is 0 Å². The van der Waals surface area contributed by atoms with Crippen molar-refractivity contribution in [1.82, 2.24) is 21.3 Å². The molecule has 0 aromatic heterocycles. The molecule has 0 bridgehead atoms. The molecule has 0 unspecified atom stereocenters. The van der Waals surface area contributed by atoms with Crippen molar-refractivity contribution in [3.05, 3.63) is 0 Å². The van der Waals surface area contributed by atoms with E-state index in [9.17, 15) is 19.2 Å². The number of carbonyl (C=O) groups excluding carboxylic acids is 4. The molecule has 10 heteroatoms. The van der Waals surface area contributed by atoms with Gasteiger partial charge in [-0.3, -0.25) is 20.2 Å². The van der Waals surface area contributed by atoms with Crippen LogP contribution in [0.25, 0.3) is 0 Å². The lowest BCUT2D eigenvalue weighted by molar-refractivity contribution is -0.123. The minimum absolute atomic E-state index is 0.0382. The van der Waals surface area contributed by atoms with Crippen LogP contribution in [-0.2, 0) is 9.59 Å². The molecule has 0 heterocycles. The number of urea groups is 2. The Morgan fingerprint density at radius 2 is 1.56 bits per heavy atom. The number of imide groups is 2. The molecule has 0 atom stereocenters. The van der Waals surface area contributed by atoms with Gasteiger partial charge in [-0.25, -0.2) is 9.59 Å². The van der Waals surface area contributed by atoms with Gasteiger partial charge in [0.25, 0.3) is 0 Å². The molecule has 1 aliphatic rings. The first kappa shape index (κ1) is 21.6. The molecule has 6 amide bonds. The zero-order valence-corrected chi connectivity index (χ0v) is 16.0. The molecule has 0 spiro atoms. The van der Waals surface area contributed by atoms with Crippen LogP contribution in [0.5, 0.6) is 0 Å². The summed E-state index contributed by atoms with van der Waals surface area (Å²) in [4.78, 5) is 46.1. The summed E-state index contributed by atoms with van der Waals surface area (Å²) in [5.41, 5.74) is 0. The van der Waals surface area contributed by atoms with E-state index in [4.69, 9.17) is 0 Å². The average molecular weight is 391 g/mol. The molecule has 8 nitrogen and oxygen atoms in total. The minimum Gasteiger partial charge on any atom is -0.338 e. The zero-order chi connectivity index (χ0) is 18.5. The highest BCUT2D eigenvalue weighted by Gasteiger charge is 2.23. The molecule has 0 saturated heterocycles. The topological polar surface area (TPSA) is 116 Å². The first-order valence-electron chi connectivity index (χ1n) is 8.43. The highest BCUT2D eigenvalue weighted by molar-refractivity contribution is 8.76. The number of carbonyl (C=O) groups is 4. The summed E-state index contributed by atoms with van der Waals surface area (Å²) in [6.07, 6.45) is 4.59. The van der Waals surface area contributed by atoms with E-state index < -0.39 is 12.1 Å². The van der Waals surface area contributed by atoms with Crippen LogP contribution in [-0.4, -0.2) is 48.5 Å². The molecule has 25 heavy (non-hydrogen) atoms. The molecule has 1 aliphatic carbocycles. The van der Waals surface area contributed by atoms with Crippen LogP contribution < -0.4 is 21.3 Å². The van der Waals surface area contributed by atoms with E-state index in [1.54, 1.807) is 0 Å². The average Bonchev–Trinajstić information content (AvgIpc) is 3.10. The Balaban J connectivity index is 1.98. The zero-order valence-electron chi connectivity index (χ0n) is 14.4. The van der Waals surface area contributed by atoms with E-state index in [1.165, 1.54) is 21.6 Å². The van der Waals surface area contributed by atoms with Gasteiger partial charge in [-0.15, -0.1) is 0 Å². The Bertz CT molecular complexity index is 470. The maximum Gasteiger partial charge on any atom is 0.321 e. The third-order valence-electron chi connectivity index (χ3n) is 3.50. The number of nitrogens with one attached hydrogen (secondary N) is 4. The summed E-state index contributed by atoms with van der Waals surface area (Å²) in [5.74, 6) is 0.138. The molecule has 4 N–H and O–H groups in total. The van der Waals surface area contributed by atoms with Crippen molar-refractivity contribution in [1.29, 1.82) is 0 Å². The van der Waals surface area contributed by atoms with Crippen molar-refractivity contribution in [3.63, 3.8) is 0 Å². The van der Waals surface area contributed by atoms with Crippen LogP contribution in [0.4, 0.5) is 9.59 Å². The summed E-state index contributed by atoms with van der Waals surface area (Å²) in [7, 11) is 2.71. The predicted octanol–water partition coefficient (Wildman–Crippen LogP) is 1.62. The van der Waals surface area contributed by atoms with Gasteiger partial charge in [0.1, 0.15) is 0 Å². The number of hydrogen-bond donors (Lipinski definition) is 4. The largest absolute Gasteiger partial charge is 0.338 e. The summed E-state index contributed by atoms with van der Waals surface area (Å²) >= 11 is 0. The first-order chi connectivity index (χ1) is 12.0. The van der Waals surface area contributed by atoms with Crippen LogP contribution in [0.3, 0.4) is 0 Å². The third kappa shape index (κ3) is 10.2. The summed E-state index contributed by atoms with van der Waals surface area (Å²) < 4.78 is 0. The molecular weight excluding hydrogens is 364 g/mol. The standard InChI is InChI=1S/C15H26N4O4S2/c1-2-7-16-14(22)18-12(20)10-25-24-9-8-17-15(23)19-13(21)11-5-3-4-6-11/h11H,2-10H2,1H3,(H2,16,18,20,22)(H2,17,19,21,23). The predicted molar refractivity (Wildman–Crippen MR) is 100 cm³/mol. The summed E-state index contributed by atoms with van der Waals surface area (Å²) in [6.45, 7) is 2.84. The third-order valence-corrected chi connectivity index (χ3v) is 5.77. The molecular formula is C15H26N4O4S2. The van der Waals surface area contributed by atoms with Crippen molar-refractivity contribution in [2.45, 2.75) is 39.0 Å². The van der Waals surface area contributed by atoms with Gasteiger partial charge in [0.05, 0.1) is 5.75 Å². The minimum atomic E-state index is -0.484. The second-order valence-corrected chi connectivity index (χ2v) is 8.20. The van der Waals surface area contributed by atoms with Crippen molar-refractivity contribution < 1.29 is 19.2 Å². The Hall–Kier alpha value is -1.42. The van der Waals surface area contributed by atoms with Gasteiger partial charge in [0.2, 0.25) is 11.8 Å².